The average molecular weight is 194 g/mol. The number of carbonyl (C=O) groups is 1. The molecule has 0 aliphatic carbocycles. The fraction of sp³-hybridized carbons (Fsp3) is 0.364. The van der Waals surface area contributed by atoms with Crippen LogP contribution in [-0.2, 0) is 9.53 Å². The zero-order valence-electron chi connectivity index (χ0n) is 8.14. The summed E-state index contributed by atoms with van der Waals surface area (Å²) in [5.74, 6) is -0.445. The second kappa shape index (κ2) is 5.40. The van der Waals surface area contributed by atoms with E-state index in [0.717, 1.165) is 5.56 Å². The van der Waals surface area contributed by atoms with Crippen molar-refractivity contribution in [3.05, 3.63) is 35.9 Å². The zero-order chi connectivity index (χ0) is 10.4. The molecule has 76 valence electrons. The number of aliphatic hydroxyl groups excluding tert-OH is 1. The van der Waals surface area contributed by atoms with Gasteiger partial charge in [-0.3, -0.25) is 4.79 Å². The van der Waals surface area contributed by atoms with E-state index < -0.39 is 0 Å². The van der Waals surface area contributed by atoms with Crippen LogP contribution in [0.15, 0.2) is 30.3 Å². The molecule has 1 N–H and O–H groups in total. The van der Waals surface area contributed by atoms with Crippen LogP contribution < -0.4 is 0 Å². The fourth-order valence-corrected chi connectivity index (χ4v) is 1.20. The molecular formula is C11H14O3. The number of ether oxygens (including phenoxy) is 1. The van der Waals surface area contributed by atoms with E-state index in [9.17, 15) is 4.79 Å². The fourth-order valence-electron chi connectivity index (χ4n) is 1.20. The van der Waals surface area contributed by atoms with Gasteiger partial charge in [0.2, 0.25) is 0 Å². The Bertz CT molecular complexity index is 282. The zero-order valence-corrected chi connectivity index (χ0v) is 8.14. The van der Waals surface area contributed by atoms with Gasteiger partial charge in [0.1, 0.15) is 6.61 Å². The quantitative estimate of drug-likeness (QED) is 0.735. The lowest BCUT2D eigenvalue weighted by molar-refractivity contribution is -0.141. The Labute approximate surface area is 83.3 Å². The molecule has 0 bridgehead atoms. The maximum absolute atomic E-state index is 10.6. The summed E-state index contributed by atoms with van der Waals surface area (Å²) in [5.41, 5.74) is 0.983. The van der Waals surface area contributed by atoms with Gasteiger partial charge in [0.25, 0.3) is 0 Å². The van der Waals surface area contributed by atoms with Crippen molar-refractivity contribution >= 4 is 5.97 Å². The van der Waals surface area contributed by atoms with Gasteiger partial charge in [0.15, 0.2) is 0 Å². The SMILES string of the molecule is CC(=O)OC[C@H](CO)c1ccccc1. The predicted octanol–water partition coefficient (Wildman–Crippen LogP) is 1.33. The molecule has 1 aromatic carbocycles. The summed E-state index contributed by atoms with van der Waals surface area (Å²) < 4.78 is 4.85. The molecule has 14 heavy (non-hydrogen) atoms. The minimum atomic E-state index is -0.320. The van der Waals surface area contributed by atoms with E-state index >= 15 is 0 Å². The molecule has 0 aromatic heterocycles. The summed E-state index contributed by atoms with van der Waals surface area (Å²) in [6.45, 7) is 1.58. The first kappa shape index (κ1) is 10.7. The van der Waals surface area contributed by atoms with E-state index in [1.165, 1.54) is 6.92 Å². The molecule has 1 atom stereocenters. The molecular weight excluding hydrogens is 180 g/mol. The first-order valence-electron chi connectivity index (χ1n) is 4.53. The molecule has 0 fully saturated rings. The van der Waals surface area contributed by atoms with Gasteiger partial charge in [0, 0.05) is 12.8 Å². The number of hydrogen-bond acceptors (Lipinski definition) is 3. The Hall–Kier alpha value is -1.35. The normalized spacial score (nSPS) is 12.1. The van der Waals surface area contributed by atoms with E-state index in [-0.39, 0.29) is 25.1 Å². The number of hydrogen-bond donors (Lipinski definition) is 1. The molecule has 0 heterocycles. The smallest absolute Gasteiger partial charge is 0.302 e. The maximum atomic E-state index is 10.6. The molecule has 3 nitrogen and oxygen atoms in total. The molecule has 3 heteroatoms. The van der Waals surface area contributed by atoms with E-state index in [1.807, 2.05) is 30.3 Å². The Morgan fingerprint density at radius 2 is 2.07 bits per heavy atom. The maximum Gasteiger partial charge on any atom is 0.302 e. The Morgan fingerprint density at radius 3 is 2.57 bits per heavy atom. The summed E-state index contributed by atoms with van der Waals surface area (Å²) in [4.78, 5) is 10.6. The summed E-state index contributed by atoms with van der Waals surface area (Å²) in [6, 6.07) is 9.51. The minimum Gasteiger partial charge on any atom is -0.465 e. The topological polar surface area (TPSA) is 46.5 Å². The highest BCUT2D eigenvalue weighted by Gasteiger charge is 2.11. The van der Waals surface area contributed by atoms with Crippen molar-refractivity contribution in [2.24, 2.45) is 0 Å². The van der Waals surface area contributed by atoms with Crippen LogP contribution in [0.5, 0.6) is 0 Å². The van der Waals surface area contributed by atoms with Gasteiger partial charge in [-0.25, -0.2) is 0 Å². The van der Waals surface area contributed by atoms with Gasteiger partial charge >= 0.3 is 5.97 Å². The lowest BCUT2D eigenvalue weighted by Crippen LogP contribution is -2.14. The second-order valence-corrected chi connectivity index (χ2v) is 3.09. The Balaban J connectivity index is 2.58. The molecule has 0 unspecified atom stereocenters. The summed E-state index contributed by atoms with van der Waals surface area (Å²) in [5, 5.41) is 9.10. The van der Waals surface area contributed by atoms with E-state index in [1.54, 1.807) is 0 Å². The van der Waals surface area contributed by atoms with E-state index in [4.69, 9.17) is 9.84 Å². The monoisotopic (exact) mass is 194 g/mol. The number of carbonyl (C=O) groups excluding carboxylic acids is 1. The number of rotatable bonds is 4. The first-order chi connectivity index (χ1) is 6.74. The van der Waals surface area contributed by atoms with E-state index in [2.05, 4.69) is 0 Å². The highest BCUT2D eigenvalue weighted by Crippen LogP contribution is 2.14. The van der Waals surface area contributed by atoms with Crippen LogP contribution in [0.2, 0.25) is 0 Å². The van der Waals surface area contributed by atoms with Crippen molar-refractivity contribution in [3.63, 3.8) is 0 Å². The molecule has 0 radical (unpaired) electrons. The van der Waals surface area contributed by atoms with Crippen LogP contribution >= 0.6 is 0 Å². The summed E-state index contributed by atoms with van der Waals surface area (Å²) in [7, 11) is 0. The van der Waals surface area contributed by atoms with Gasteiger partial charge in [-0.2, -0.15) is 0 Å². The molecule has 1 aromatic rings. The van der Waals surface area contributed by atoms with Gasteiger partial charge in [-0.1, -0.05) is 30.3 Å². The Kier molecular flexibility index (Phi) is 4.13. The minimum absolute atomic E-state index is 0.0166. The van der Waals surface area contributed by atoms with Crippen LogP contribution in [0.25, 0.3) is 0 Å². The van der Waals surface area contributed by atoms with Gasteiger partial charge in [0.05, 0.1) is 6.61 Å². The van der Waals surface area contributed by atoms with Crippen molar-refractivity contribution in [2.75, 3.05) is 13.2 Å². The number of esters is 1. The largest absolute Gasteiger partial charge is 0.465 e. The second-order valence-electron chi connectivity index (χ2n) is 3.09. The lowest BCUT2D eigenvalue weighted by Gasteiger charge is -2.13. The van der Waals surface area contributed by atoms with Crippen LogP contribution in [0.1, 0.15) is 18.4 Å². The third-order valence-electron chi connectivity index (χ3n) is 1.98. The van der Waals surface area contributed by atoms with Crippen LogP contribution in [0.4, 0.5) is 0 Å². The third kappa shape index (κ3) is 3.18. The Morgan fingerprint density at radius 1 is 1.43 bits per heavy atom. The molecule has 0 aliphatic rings. The summed E-state index contributed by atoms with van der Waals surface area (Å²) >= 11 is 0. The predicted molar refractivity (Wildman–Crippen MR) is 52.9 cm³/mol. The van der Waals surface area contributed by atoms with Gasteiger partial charge in [-0.05, 0) is 5.56 Å². The third-order valence-corrected chi connectivity index (χ3v) is 1.98. The van der Waals surface area contributed by atoms with Crippen LogP contribution in [-0.4, -0.2) is 24.3 Å². The van der Waals surface area contributed by atoms with Crippen molar-refractivity contribution in [1.82, 2.24) is 0 Å². The highest BCUT2D eigenvalue weighted by molar-refractivity contribution is 5.65. The standard InChI is InChI=1S/C11H14O3/c1-9(13)14-8-11(7-12)10-5-3-2-4-6-10/h2-6,11-12H,7-8H2,1H3/t11-/m0/s1. The van der Waals surface area contributed by atoms with Crippen LogP contribution in [0.3, 0.4) is 0 Å². The van der Waals surface area contributed by atoms with Crippen molar-refractivity contribution in [2.45, 2.75) is 12.8 Å². The van der Waals surface area contributed by atoms with Crippen molar-refractivity contribution in [1.29, 1.82) is 0 Å². The van der Waals surface area contributed by atoms with E-state index in [0.29, 0.717) is 0 Å². The van der Waals surface area contributed by atoms with Crippen LogP contribution in [0, 0.1) is 0 Å². The lowest BCUT2D eigenvalue weighted by atomic mass is 10.0. The summed E-state index contributed by atoms with van der Waals surface area (Å²) in [6.07, 6.45) is 0. The highest BCUT2D eigenvalue weighted by atomic mass is 16.5. The molecule has 0 spiro atoms. The number of aliphatic hydroxyl groups is 1. The molecule has 1 rings (SSSR count). The molecule has 0 aliphatic heterocycles. The average Bonchev–Trinajstić information content (AvgIpc) is 2.20. The first-order valence-corrected chi connectivity index (χ1v) is 4.53. The molecule has 0 amide bonds. The number of benzene rings is 1. The molecule has 0 saturated carbocycles. The van der Waals surface area contributed by atoms with Gasteiger partial charge < -0.3 is 9.84 Å². The van der Waals surface area contributed by atoms with Crippen molar-refractivity contribution in [3.8, 4) is 0 Å². The van der Waals surface area contributed by atoms with Crippen molar-refractivity contribution < 1.29 is 14.6 Å². The van der Waals surface area contributed by atoms with Gasteiger partial charge in [-0.15, -0.1) is 0 Å². The molecule has 0 saturated heterocycles.